The van der Waals surface area contributed by atoms with E-state index in [0.29, 0.717) is 35.5 Å². The Labute approximate surface area is 389 Å². The fourth-order valence-corrected chi connectivity index (χ4v) is 9.98. The van der Waals surface area contributed by atoms with Gasteiger partial charge in [0, 0.05) is 12.1 Å². The van der Waals surface area contributed by atoms with Gasteiger partial charge in [-0.15, -0.1) is 0 Å². The summed E-state index contributed by atoms with van der Waals surface area (Å²) in [6, 6.07) is 34.9. The van der Waals surface area contributed by atoms with Crippen LogP contribution in [0.25, 0.3) is 0 Å². The van der Waals surface area contributed by atoms with Crippen LogP contribution in [0, 0.1) is 23.7 Å². The van der Waals surface area contributed by atoms with E-state index in [1.165, 1.54) is 7.11 Å². The summed E-state index contributed by atoms with van der Waals surface area (Å²) in [7, 11) is 3.16. The van der Waals surface area contributed by atoms with Crippen LogP contribution in [0.4, 0.5) is 10.5 Å². The number of carbonyl (C=O) groups is 5. The lowest BCUT2D eigenvalue weighted by Gasteiger charge is -2.46. The molecule has 0 radical (unpaired) electrons. The summed E-state index contributed by atoms with van der Waals surface area (Å²) < 4.78 is 17.2. The summed E-state index contributed by atoms with van der Waals surface area (Å²) in [6.07, 6.45) is -0.932. The lowest BCUT2D eigenvalue weighted by molar-refractivity contribution is -0.178. The number of methoxy groups -OCH3 is 1. The Morgan fingerprint density at radius 3 is 2.12 bits per heavy atom. The van der Waals surface area contributed by atoms with Crippen LogP contribution < -0.4 is 20.7 Å². The zero-order valence-corrected chi connectivity index (χ0v) is 37.7. The number of carbonyl (C=O) groups excluding carboxylic acids is 5. The molecule has 4 amide bonds. The van der Waals surface area contributed by atoms with E-state index in [4.69, 9.17) is 19.9 Å². The number of nitrogens with zero attached hydrogens (tertiary/aromatic N) is 3. The standard InChI is InChI=1S/C53H53N5O9/c1-33(2)43(49(61)65-4)55-52(64)57-41-27-22-34(17-14-28-56(3)32-35-15-8-5-9-16-35)31-40(41)53(51(57)63)42(48(54)60)45-50(62)67-46(37-20-12-7-13-21-37)44(36-18-10-6-11-19-36)58(45)47(53)38-23-25-39(26-24-38)66-30-29-59/h5-13,15-16,18-27,31,33,42-47,59H,28-30,32H2,1-4H3,(H2,54,60)(H,55,64). The minimum Gasteiger partial charge on any atom is -0.491 e. The zero-order valence-electron chi connectivity index (χ0n) is 37.7. The van der Waals surface area contributed by atoms with Crippen LogP contribution >= 0.6 is 0 Å². The van der Waals surface area contributed by atoms with Crippen LogP contribution in [0.5, 0.6) is 5.75 Å². The van der Waals surface area contributed by atoms with Crippen LogP contribution in [0.1, 0.15) is 65.4 Å². The van der Waals surface area contributed by atoms with Gasteiger partial charge in [-0.05, 0) is 71.1 Å². The topological polar surface area (TPSA) is 181 Å². The van der Waals surface area contributed by atoms with E-state index in [1.54, 1.807) is 56.3 Å². The van der Waals surface area contributed by atoms with E-state index in [-0.39, 0.29) is 24.5 Å². The first-order valence-electron chi connectivity index (χ1n) is 22.2. The fourth-order valence-electron chi connectivity index (χ4n) is 9.98. The second-order valence-corrected chi connectivity index (χ2v) is 17.3. The third-order valence-corrected chi connectivity index (χ3v) is 12.8. The van der Waals surface area contributed by atoms with Gasteiger partial charge in [0.1, 0.15) is 36.0 Å². The van der Waals surface area contributed by atoms with Gasteiger partial charge in [0.15, 0.2) is 0 Å². The number of morpholine rings is 1. The molecule has 8 rings (SSSR count). The molecule has 7 atom stereocenters. The van der Waals surface area contributed by atoms with Gasteiger partial charge in [0.05, 0.1) is 44.0 Å². The van der Waals surface area contributed by atoms with E-state index in [0.717, 1.165) is 16.0 Å². The number of cyclic esters (lactones) is 1. The van der Waals surface area contributed by atoms with Crippen molar-refractivity contribution in [1.82, 2.24) is 15.1 Å². The zero-order chi connectivity index (χ0) is 47.4. The maximum Gasteiger partial charge on any atom is 0.329 e. The first-order valence-corrected chi connectivity index (χ1v) is 22.2. The maximum atomic E-state index is 16.2. The number of aliphatic hydroxyl groups is 1. The Morgan fingerprint density at radius 2 is 1.51 bits per heavy atom. The van der Waals surface area contributed by atoms with Crippen molar-refractivity contribution in [2.45, 2.75) is 56.1 Å². The Hall–Kier alpha value is -7.31. The van der Waals surface area contributed by atoms with Crippen LogP contribution in [-0.2, 0) is 40.6 Å². The molecule has 2 fully saturated rings. The number of rotatable bonds is 13. The number of ether oxygens (including phenoxy) is 3. The molecule has 0 saturated carbocycles. The molecule has 2 saturated heterocycles. The molecule has 5 aromatic carbocycles. The molecular weight excluding hydrogens is 851 g/mol. The van der Waals surface area contributed by atoms with Gasteiger partial charge >= 0.3 is 18.0 Å². The summed E-state index contributed by atoms with van der Waals surface area (Å²) in [5.41, 5.74) is 8.25. The Bertz CT molecular complexity index is 2690. The number of amides is 4. The number of anilines is 1. The first kappa shape index (κ1) is 46.2. The largest absolute Gasteiger partial charge is 0.491 e. The van der Waals surface area contributed by atoms with Gasteiger partial charge < -0.3 is 30.4 Å². The average molecular weight is 904 g/mol. The van der Waals surface area contributed by atoms with Gasteiger partial charge in [0.2, 0.25) is 11.8 Å². The molecule has 5 aromatic rings. The van der Waals surface area contributed by atoms with Crippen molar-refractivity contribution >= 4 is 35.5 Å². The molecule has 4 N–H and O–H groups in total. The molecule has 344 valence electrons. The second kappa shape index (κ2) is 19.7. The summed E-state index contributed by atoms with van der Waals surface area (Å²) in [4.78, 5) is 78.6. The van der Waals surface area contributed by atoms with Crippen LogP contribution in [0.15, 0.2) is 133 Å². The number of nitrogens with two attached hydrogens (primary N) is 1. The highest BCUT2D eigenvalue weighted by Gasteiger charge is 2.75. The van der Waals surface area contributed by atoms with Crippen molar-refractivity contribution in [1.29, 1.82) is 0 Å². The summed E-state index contributed by atoms with van der Waals surface area (Å²) in [5.74, 6) is 1.51. The number of benzene rings is 5. The molecule has 3 aliphatic heterocycles. The molecule has 0 aromatic heterocycles. The summed E-state index contributed by atoms with van der Waals surface area (Å²) >= 11 is 0. The van der Waals surface area contributed by atoms with Gasteiger partial charge in [0.25, 0.3) is 0 Å². The number of fused-ring (bicyclic) bond motifs is 3. The van der Waals surface area contributed by atoms with Crippen LogP contribution in [0.2, 0.25) is 0 Å². The highest BCUT2D eigenvalue weighted by atomic mass is 16.6. The van der Waals surface area contributed by atoms with Crippen molar-refractivity contribution < 1.29 is 43.3 Å². The highest BCUT2D eigenvalue weighted by Crippen LogP contribution is 2.65. The normalized spacial score (nSPS) is 22.4. The molecule has 14 nitrogen and oxygen atoms in total. The first-order chi connectivity index (χ1) is 32.4. The second-order valence-electron chi connectivity index (χ2n) is 17.3. The molecule has 1 spiro atoms. The third-order valence-electron chi connectivity index (χ3n) is 12.8. The molecule has 3 aliphatic rings. The minimum absolute atomic E-state index is 0.0239. The maximum absolute atomic E-state index is 16.2. The number of aliphatic hydroxyl groups excluding tert-OH is 1. The number of nitrogens with one attached hydrogen (secondary N) is 1. The lowest BCUT2D eigenvalue weighted by Crippen LogP contribution is -2.57. The Morgan fingerprint density at radius 1 is 0.866 bits per heavy atom. The average Bonchev–Trinajstić information content (AvgIpc) is 3.79. The van der Waals surface area contributed by atoms with Crippen molar-refractivity contribution in [3.63, 3.8) is 0 Å². The quantitative estimate of drug-likeness (QED) is 0.0989. The minimum atomic E-state index is -2.09. The molecule has 0 aliphatic carbocycles. The van der Waals surface area contributed by atoms with Crippen LogP contribution in [-0.4, -0.2) is 90.7 Å². The predicted molar refractivity (Wildman–Crippen MR) is 249 cm³/mol. The van der Waals surface area contributed by atoms with Gasteiger partial charge in [-0.25, -0.2) is 14.5 Å². The number of hydrogen-bond acceptors (Lipinski definition) is 11. The monoisotopic (exact) mass is 903 g/mol. The highest BCUT2D eigenvalue weighted by molar-refractivity contribution is 6.25. The summed E-state index contributed by atoms with van der Waals surface area (Å²) in [5, 5.41) is 12.3. The van der Waals surface area contributed by atoms with Crippen molar-refractivity contribution in [2.24, 2.45) is 17.6 Å². The predicted octanol–water partition coefficient (Wildman–Crippen LogP) is 5.60. The molecule has 0 bridgehead atoms. The molecule has 3 heterocycles. The van der Waals surface area contributed by atoms with E-state index in [2.05, 4.69) is 22.1 Å². The number of primary amides is 1. The number of esters is 2. The lowest BCUT2D eigenvalue weighted by atomic mass is 9.65. The molecular formula is C53H53N5O9. The van der Waals surface area contributed by atoms with Gasteiger partial charge in [-0.3, -0.25) is 24.2 Å². The van der Waals surface area contributed by atoms with E-state index < -0.39 is 77.3 Å². The van der Waals surface area contributed by atoms with E-state index >= 15 is 9.59 Å². The SMILES string of the molecule is COC(=O)C(NC(=O)N1C(=O)C2(c3cc(C#CCN(C)Cc4ccccc4)ccc31)C(C(N)=O)C1C(=O)OC(c3ccccc3)C(c3ccccc3)N1C2c1ccc(OCCO)cc1)C(C)C. The smallest absolute Gasteiger partial charge is 0.329 e. The Kier molecular flexibility index (Phi) is 13.6. The van der Waals surface area contributed by atoms with E-state index in [9.17, 15) is 19.5 Å². The van der Waals surface area contributed by atoms with Crippen molar-refractivity contribution in [3.05, 3.63) is 167 Å². The number of urea groups is 1. The molecule has 7 unspecified atom stereocenters. The molecule has 67 heavy (non-hydrogen) atoms. The van der Waals surface area contributed by atoms with Gasteiger partial charge in [-0.2, -0.15) is 0 Å². The van der Waals surface area contributed by atoms with Gasteiger partial charge in [-0.1, -0.05) is 129 Å². The van der Waals surface area contributed by atoms with E-state index in [1.807, 2.05) is 103 Å². The van der Waals surface area contributed by atoms with Crippen molar-refractivity contribution in [3.8, 4) is 17.6 Å². The molecule has 14 heteroatoms. The Balaban J connectivity index is 1.37. The number of imide groups is 1. The van der Waals surface area contributed by atoms with Crippen molar-refractivity contribution in [2.75, 3.05) is 38.8 Å². The number of hydrogen-bond donors (Lipinski definition) is 3. The summed E-state index contributed by atoms with van der Waals surface area (Å²) in [6.45, 7) is 4.29. The van der Waals surface area contributed by atoms with Crippen LogP contribution in [0.3, 0.4) is 0 Å². The fraction of sp³-hybridized carbons (Fsp3) is 0.302. The third kappa shape index (κ3) is 8.65.